The Balaban J connectivity index is 1.46. The molecule has 0 aliphatic carbocycles. The van der Waals surface area contributed by atoms with Gasteiger partial charge in [0.1, 0.15) is 5.82 Å². The van der Waals surface area contributed by atoms with E-state index in [0.29, 0.717) is 49.7 Å². The number of anilines is 1. The first-order valence-corrected chi connectivity index (χ1v) is 11.8. The second-order valence-corrected chi connectivity index (χ2v) is 9.03. The van der Waals surface area contributed by atoms with Crippen molar-refractivity contribution in [3.8, 4) is 0 Å². The number of fused-ring (bicyclic) bond motifs is 1. The van der Waals surface area contributed by atoms with E-state index < -0.39 is 11.2 Å². The Hall–Kier alpha value is -4.21. The summed E-state index contributed by atoms with van der Waals surface area (Å²) >= 11 is 0. The number of hydrogen-bond donors (Lipinski definition) is 0. The van der Waals surface area contributed by atoms with Crippen LogP contribution in [0.25, 0.3) is 11.2 Å². The Labute approximate surface area is 206 Å². The molecule has 5 rings (SSSR count). The summed E-state index contributed by atoms with van der Waals surface area (Å²) in [6.45, 7) is 2.38. The third-order valence-electron chi connectivity index (χ3n) is 6.70. The molecule has 2 aromatic heterocycles. The zero-order valence-corrected chi connectivity index (χ0v) is 20.2. The smallest absolute Gasteiger partial charge is 0.332 e. The highest BCUT2D eigenvalue weighted by Crippen LogP contribution is 2.23. The molecule has 3 heterocycles. The molecule has 36 heavy (non-hydrogen) atoms. The summed E-state index contributed by atoms with van der Waals surface area (Å²) in [5.41, 5.74) is 1.48. The van der Waals surface area contributed by atoms with Crippen molar-refractivity contribution in [1.29, 1.82) is 0 Å². The highest BCUT2D eigenvalue weighted by molar-refractivity contribution is 5.79. The van der Waals surface area contributed by atoms with Crippen molar-refractivity contribution in [3.05, 3.63) is 92.4 Å². The average Bonchev–Trinajstić information content (AvgIpc) is 3.27. The number of rotatable bonds is 5. The van der Waals surface area contributed by atoms with E-state index in [4.69, 9.17) is 4.98 Å². The molecule has 0 saturated carbocycles. The summed E-state index contributed by atoms with van der Waals surface area (Å²) in [4.78, 5) is 47.1. The van der Waals surface area contributed by atoms with Crippen LogP contribution in [0.15, 0.2) is 64.2 Å². The Morgan fingerprint density at radius 1 is 0.889 bits per heavy atom. The predicted octanol–water partition coefficient (Wildman–Crippen LogP) is 1.51. The number of piperazine rings is 1. The first kappa shape index (κ1) is 23.5. The number of hydrogen-bond acceptors (Lipinski definition) is 5. The molecule has 0 spiro atoms. The van der Waals surface area contributed by atoms with Gasteiger partial charge in [0.2, 0.25) is 11.9 Å². The summed E-state index contributed by atoms with van der Waals surface area (Å²) in [5.74, 6) is 0.267. The van der Waals surface area contributed by atoms with Crippen molar-refractivity contribution in [1.82, 2.24) is 23.6 Å². The number of aromatic nitrogens is 4. The van der Waals surface area contributed by atoms with Gasteiger partial charge in [-0.3, -0.25) is 23.3 Å². The minimum absolute atomic E-state index is 0.0666. The number of aryl methyl sites for hydroxylation is 1. The second kappa shape index (κ2) is 9.44. The van der Waals surface area contributed by atoms with Crippen LogP contribution in [0, 0.1) is 5.82 Å². The van der Waals surface area contributed by atoms with Gasteiger partial charge in [0.05, 0.1) is 13.0 Å². The molecule has 1 amide bonds. The van der Waals surface area contributed by atoms with E-state index in [1.165, 1.54) is 23.7 Å². The van der Waals surface area contributed by atoms with Gasteiger partial charge >= 0.3 is 5.69 Å². The maximum atomic E-state index is 13.5. The van der Waals surface area contributed by atoms with Crippen LogP contribution in [-0.4, -0.2) is 55.7 Å². The molecule has 0 N–H and O–H groups in total. The fourth-order valence-electron chi connectivity index (χ4n) is 4.64. The van der Waals surface area contributed by atoms with E-state index in [1.54, 1.807) is 23.7 Å². The van der Waals surface area contributed by atoms with E-state index in [0.717, 1.165) is 15.7 Å². The van der Waals surface area contributed by atoms with Crippen molar-refractivity contribution < 1.29 is 9.18 Å². The molecule has 1 saturated heterocycles. The number of amides is 1. The summed E-state index contributed by atoms with van der Waals surface area (Å²) in [6, 6.07) is 15.7. The fraction of sp³-hybridized carbons (Fsp3) is 0.308. The van der Waals surface area contributed by atoms with Gasteiger partial charge < -0.3 is 9.80 Å². The predicted molar refractivity (Wildman–Crippen MR) is 135 cm³/mol. The second-order valence-electron chi connectivity index (χ2n) is 9.03. The third kappa shape index (κ3) is 4.30. The number of halogens is 1. The van der Waals surface area contributed by atoms with Crippen molar-refractivity contribution in [2.24, 2.45) is 14.1 Å². The van der Waals surface area contributed by atoms with Crippen molar-refractivity contribution in [2.75, 3.05) is 31.1 Å². The Morgan fingerprint density at radius 2 is 1.56 bits per heavy atom. The molecule has 0 radical (unpaired) electrons. The topological polar surface area (TPSA) is 85.4 Å². The highest BCUT2D eigenvalue weighted by Gasteiger charge is 2.27. The molecule has 0 unspecified atom stereocenters. The van der Waals surface area contributed by atoms with Crippen LogP contribution in [0.2, 0.25) is 0 Å². The van der Waals surface area contributed by atoms with Crippen LogP contribution in [0.1, 0.15) is 11.1 Å². The molecule has 1 aliphatic heterocycles. The molecule has 186 valence electrons. The van der Waals surface area contributed by atoms with Crippen LogP contribution in [0.5, 0.6) is 0 Å². The van der Waals surface area contributed by atoms with Gasteiger partial charge in [0.25, 0.3) is 5.56 Å². The first-order valence-electron chi connectivity index (χ1n) is 11.8. The lowest BCUT2D eigenvalue weighted by atomic mass is 10.1. The number of imidazole rings is 1. The maximum absolute atomic E-state index is 13.5. The first-order chi connectivity index (χ1) is 17.3. The van der Waals surface area contributed by atoms with Gasteiger partial charge in [0, 0.05) is 40.3 Å². The highest BCUT2D eigenvalue weighted by atomic mass is 19.1. The number of carbonyl (C=O) groups excluding carboxylic acids is 1. The standard InChI is InChI=1S/C26H27FN6O3/c1-29-23-22(24(35)30(2)26(29)36)33(17-19-8-10-20(27)11-9-19)25(28-23)32-14-12-31(13-15-32)21(34)16-18-6-4-3-5-7-18/h3-11H,12-17H2,1-2H3. The van der Waals surface area contributed by atoms with Gasteiger partial charge in [-0.15, -0.1) is 0 Å². The monoisotopic (exact) mass is 490 g/mol. The van der Waals surface area contributed by atoms with Crippen molar-refractivity contribution in [3.63, 3.8) is 0 Å². The molecular formula is C26H27FN6O3. The summed E-state index contributed by atoms with van der Waals surface area (Å²) in [7, 11) is 3.03. The number of benzene rings is 2. The van der Waals surface area contributed by atoms with E-state index in [-0.39, 0.29) is 18.3 Å². The molecule has 10 heteroatoms. The van der Waals surface area contributed by atoms with E-state index in [2.05, 4.69) is 0 Å². The van der Waals surface area contributed by atoms with Gasteiger partial charge in [-0.25, -0.2) is 9.18 Å². The summed E-state index contributed by atoms with van der Waals surface area (Å²) in [5, 5.41) is 0. The van der Waals surface area contributed by atoms with Gasteiger partial charge in [0.15, 0.2) is 11.2 Å². The summed E-state index contributed by atoms with van der Waals surface area (Å²) < 4.78 is 17.7. The van der Waals surface area contributed by atoms with Crippen LogP contribution < -0.4 is 16.1 Å². The third-order valence-corrected chi connectivity index (χ3v) is 6.70. The molecule has 1 fully saturated rings. The van der Waals surface area contributed by atoms with Crippen LogP contribution >= 0.6 is 0 Å². The van der Waals surface area contributed by atoms with Crippen LogP contribution in [-0.2, 0) is 31.9 Å². The van der Waals surface area contributed by atoms with Gasteiger partial charge in [-0.2, -0.15) is 4.98 Å². The molecule has 2 aromatic carbocycles. The average molecular weight is 491 g/mol. The molecule has 1 aliphatic rings. The zero-order chi connectivity index (χ0) is 25.4. The largest absolute Gasteiger partial charge is 0.339 e. The Morgan fingerprint density at radius 3 is 2.22 bits per heavy atom. The SMILES string of the molecule is Cn1c(=O)c2c(nc(N3CCN(C(=O)Cc4ccccc4)CC3)n2Cc2ccc(F)cc2)n(C)c1=O. The van der Waals surface area contributed by atoms with Crippen LogP contribution in [0.4, 0.5) is 10.3 Å². The van der Waals surface area contributed by atoms with E-state index >= 15 is 0 Å². The molecular weight excluding hydrogens is 463 g/mol. The lowest BCUT2D eigenvalue weighted by molar-refractivity contribution is -0.130. The van der Waals surface area contributed by atoms with Crippen molar-refractivity contribution >= 4 is 23.0 Å². The van der Waals surface area contributed by atoms with Crippen molar-refractivity contribution in [2.45, 2.75) is 13.0 Å². The van der Waals surface area contributed by atoms with E-state index in [1.807, 2.05) is 40.1 Å². The Bertz CT molecular complexity index is 1530. The van der Waals surface area contributed by atoms with E-state index in [9.17, 15) is 18.8 Å². The molecule has 0 atom stereocenters. The zero-order valence-electron chi connectivity index (χ0n) is 20.2. The van der Waals surface area contributed by atoms with Gasteiger partial charge in [-0.05, 0) is 23.3 Å². The quantitative estimate of drug-likeness (QED) is 0.424. The number of carbonyl (C=O) groups is 1. The molecule has 0 bridgehead atoms. The molecule has 4 aromatic rings. The lowest BCUT2D eigenvalue weighted by Crippen LogP contribution is -2.50. The lowest BCUT2D eigenvalue weighted by Gasteiger charge is -2.35. The molecule has 9 nitrogen and oxygen atoms in total. The normalized spacial score (nSPS) is 14.0. The van der Waals surface area contributed by atoms with Gasteiger partial charge in [-0.1, -0.05) is 42.5 Å². The summed E-state index contributed by atoms with van der Waals surface area (Å²) in [6.07, 6.45) is 0.349. The van der Waals surface area contributed by atoms with Crippen LogP contribution in [0.3, 0.4) is 0 Å². The minimum atomic E-state index is -0.457. The Kier molecular flexibility index (Phi) is 6.17. The minimum Gasteiger partial charge on any atom is -0.339 e. The maximum Gasteiger partial charge on any atom is 0.332 e. The number of nitrogens with zero attached hydrogens (tertiary/aromatic N) is 6. The fourth-order valence-corrected chi connectivity index (χ4v) is 4.64.